The number of benzene rings is 1. The van der Waals surface area contributed by atoms with E-state index in [1.54, 1.807) is 0 Å². The first-order chi connectivity index (χ1) is 6.91. The summed E-state index contributed by atoms with van der Waals surface area (Å²) in [4.78, 5) is 10.7. The molecule has 1 rings (SSSR count). The van der Waals surface area contributed by atoms with E-state index >= 15 is 0 Å². The SMILES string of the molecule is COc1c(Br)c(O)c(C(=O)O)c(O)c1Br. The summed E-state index contributed by atoms with van der Waals surface area (Å²) in [5, 5.41) is 27.7. The molecule has 82 valence electrons. The van der Waals surface area contributed by atoms with Crippen LogP contribution in [0.4, 0.5) is 0 Å². The zero-order valence-electron chi connectivity index (χ0n) is 7.41. The topological polar surface area (TPSA) is 87.0 Å². The predicted molar refractivity (Wildman–Crippen MR) is 58.7 cm³/mol. The second-order valence-electron chi connectivity index (χ2n) is 2.54. The van der Waals surface area contributed by atoms with Gasteiger partial charge >= 0.3 is 5.97 Å². The van der Waals surface area contributed by atoms with Gasteiger partial charge in [-0.15, -0.1) is 0 Å². The number of carbonyl (C=O) groups is 1. The van der Waals surface area contributed by atoms with Gasteiger partial charge in [0.2, 0.25) is 0 Å². The molecule has 0 amide bonds. The van der Waals surface area contributed by atoms with Gasteiger partial charge in [-0.25, -0.2) is 4.79 Å². The van der Waals surface area contributed by atoms with E-state index in [-0.39, 0.29) is 14.7 Å². The van der Waals surface area contributed by atoms with E-state index in [9.17, 15) is 15.0 Å². The largest absolute Gasteiger partial charge is 0.506 e. The molecule has 0 spiro atoms. The van der Waals surface area contributed by atoms with Crippen LogP contribution >= 0.6 is 31.9 Å². The molecule has 0 unspecified atom stereocenters. The Morgan fingerprint density at radius 3 is 1.87 bits per heavy atom. The summed E-state index contributed by atoms with van der Waals surface area (Å²) >= 11 is 5.93. The first-order valence-corrected chi connectivity index (χ1v) is 5.20. The number of rotatable bonds is 2. The van der Waals surface area contributed by atoms with Crippen molar-refractivity contribution in [1.82, 2.24) is 0 Å². The summed E-state index contributed by atoms with van der Waals surface area (Å²) in [6.07, 6.45) is 0. The molecule has 1 aromatic rings. The van der Waals surface area contributed by atoms with E-state index in [4.69, 9.17) is 9.84 Å². The van der Waals surface area contributed by atoms with Gasteiger partial charge < -0.3 is 20.1 Å². The Labute approximate surface area is 102 Å². The number of aromatic carboxylic acids is 1. The van der Waals surface area contributed by atoms with E-state index in [2.05, 4.69) is 31.9 Å². The molecule has 15 heavy (non-hydrogen) atoms. The van der Waals surface area contributed by atoms with Gasteiger partial charge in [0.05, 0.1) is 7.11 Å². The first-order valence-electron chi connectivity index (χ1n) is 3.62. The van der Waals surface area contributed by atoms with Crippen molar-refractivity contribution in [1.29, 1.82) is 0 Å². The van der Waals surface area contributed by atoms with Crippen molar-refractivity contribution in [2.75, 3.05) is 7.11 Å². The van der Waals surface area contributed by atoms with Crippen LogP contribution in [0.25, 0.3) is 0 Å². The summed E-state index contributed by atoms with van der Waals surface area (Å²) in [7, 11) is 1.32. The molecule has 0 atom stereocenters. The van der Waals surface area contributed by atoms with E-state index in [0.717, 1.165) is 0 Å². The van der Waals surface area contributed by atoms with Crippen LogP contribution in [0, 0.1) is 0 Å². The van der Waals surface area contributed by atoms with Crippen LogP contribution in [0.3, 0.4) is 0 Å². The van der Waals surface area contributed by atoms with E-state index in [0.29, 0.717) is 0 Å². The zero-order valence-corrected chi connectivity index (χ0v) is 10.6. The van der Waals surface area contributed by atoms with Gasteiger partial charge in [-0.3, -0.25) is 0 Å². The molecule has 3 N–H and O–H groups in total. The standard InChI is InChI=1S/C8H6Br2O5/c1-15-7-3(9)5(11)2(8(13)14)6(12)4(7)10/h11-12H,1H3,(H,13,14). The third-order valence-electron chi connectivity index (χ3n) is 1.71. The van der Waals surface area contributed by atoms with Crippen LogP contribution in [-0.2, 0) is 0 Å². The van der Waals surface area contributed by atoms with Crippen molar-refractivity contribution >= 4 is 37.8 Å². The van der Waals surface area contributed by atoms with Crippen molar-refractivity contribution in [3.8, 4) is 17.2 Å². The fourth-order valence-electron chi connectivity index (χ4n) is 1.02. The van der Waals surface area contributed by atoms with Crippen molar-refractivity contribution < 1.29 is 24.9 Å². The molecule has 0 aliphatic carbocycles. The number of methoxy groups -OCH3 is 1. The fourth-order valence-corrected chi connectivity index (χ4v) is 2.41. The van der Waals surface area contributed by atoms with Crippen LogP contribution in [0.15, 0.2) is 8.95 Å². The molecule has 0 bridgehead atoms. The smallest absolute Gasteiger partial charge is 0.343 e. The summed E-state index contributed by atoms with van der Waals surface area (Å²) in [5.74, 6) is -2.48. The monoisotopic (exact) mass is 340 g/mol. The van der Waals surface area contributed by atoms with Crippen molar-refractivity contribution in [3.05, 3.63) is 14.5 Å². The number of carboxylic acids is 1. The van der Waals surface area contributed by atoms with Gasteiger partial charge in [0.1, 0.15) is 14.5 Å². The fraction of sp³-hybridized carbons (Fsp3) is 0.125. The van der Waals surface area contributed by atoms with Crippen molar-refractivity contribution in [2.45, 2.75) is 0 Å². The van der Waals surface area contributed by atoms with Crippen molar-refractivity contribution in [3.63, 3.8) is 0 Å². The number of hydrogen-bond donors (Lipinski definition) is 3. The van der Waals surface area contributed by atoms with Crippen LogP contribution < -0.4 is 4.74 Å². The maximum absolute atomic E-state index is 10.7. The predicted octanol–water partition coefficient (Wildman–Crippen LogP) is 2.33. The van der Waals surface area contributed by atoms with Crippen LogP contribution in [0.2, 0.25) is 0 Å². The van der Waals surface area contributed by atoms with Crippen molar-refractivity contribution in [2.24, 2.45) is 0 Å². The molecule has 7 heteroatoms. The van der Waals surface area contributed by atoms with Gasteiger partial charge in [0.15, 0.2) is 17.2 Å². The van der Waals surface area contributed by atoms with Gasteiger partial charge in [0, 0.05) is 0 Å². The quantitative estimate of drug-likeness (QED) is 0.768. The molecule has 0 saturated carbocycles. The minimum absolute atomic E-state index is 0.0621. The number of phenols is 2. The minimum Gasteiger partial charge on any atom is -0.506 e. The number of ether oxygens (including phenoxy) is 1. The molecule has 0 aliphatic rings. The molecule has 0 saturated heterocycles. The molecule has 1 aromatic carbocycles. The Balaban J connectivity index is 3.66. The second-order valence-corrected chi connectivity index (χ2v) is 4.12. The van der Waals surface area contributed by atoms with E-state index in [1.165, 1.54) is 7.11 Å². The van der Waals surface area contributed by atoms with Gasteiger partial charge in [-0.05, 0) is 31.9 Å². The molecule has 0 aromatic heterocycles. The highest BCUT2D eigenvalue weighted by Crippen LogP contribution is 2.48. The van der Waals surface area contributed by atoms with Gasteiger partial charge in [0.25, 0.3) is 0 Å². The number of hydrogen-bond acceptors (Lipinski definition) is 4. The zero-order chi connectivity index (χ0) is 11.7. The third-order valence-corrected chi connectivity index (χ3v) is 3.18. The van der Waals surface area contributed by atoms with Gasteiger partial charge in [-0.1, -0.05) is 0 Å². The van der Waals surface area contributed by atoms with Gasteiger partial charge in [-0.2, -0.15) is 0 Å². The normalized spacial score (nSPS) is 10.1. The summed E-state index contributed by atoms with van der Waals surface area (Å²) in [5.41, 5.74) is -0.588. The highest BCUT2D eigenvalue weighted by Gasteiger charge is 2.25. The second kappa shape index (κ2) is 4.28. The van der Waals surface area contributed by atoms with Crippen LogP contribution in [0.5, 0.6) is 17.2 Å². The molecule has 5 nitrogen and oxygen atoms in total. The molecule has 0 aliphatic heterocycles. The average molecular weight is 342 g/mol. The Kier molecular flexibility index (Phi) is 3.46. The minimum atomic E-state index is -1.44. The van der Waals surface area contributed by atoms with Crippen LogP contribution in [-0.4, -0.2) is 28.4 Å². The molecule has 0 fully saturated rings. The Morgan fingerprint density at radius 1 is 1.20 bits per heavy atom. The summed E-state index contributed by atoms with van der Waals surface area (Å²) < 4.78 is 4.99. The lowest BCUT2D eigenvalue weighted by atomic mass is 10.1. The lowest BCUT2D eigenvalue weighted by molar-refractivity contribution is 0.0690. The summed E-state index contributed by atoms with van der Waals surface area (Å²) in [6, 6.07) is 0. The number of carboxylic acid groups (broad SMARTS) is 1. The first kappa shape index (κ1) is 12.1. The summed E-state index contributed by atoms with van der Waals surface area (Å²) in [6.45, 7) is 0. The molecule has 0 heterocycles. The Bertz CT molecular complexity index is 401. The number of halogens is 2. The maximum Gasteiger partial charge on any atom is 0.343 e. The third kappa shape index (κ3) is 1.89. The maximum atomic E-state index is 10.7. The highest BCUT2D eigenvalue weighted by molar-refractivity contribution is 9.11. The number of aromatic hydroxyl groups is 2. The lowest BCUT2D eigenvalue weighted by Gasteiger charge is -2.12. The Hall–Kier alpha value is -0.950. The van der Waals surface area contributed by atoms with E-state index in [1.807, 2.05) is 0 Å². The average Bonchev–Trinajstić information content (AvgIpc) is 2.16. The molecule has 0 radical (unpaired) electrons. The molecular formula is C8H6Br2O5. The Morgan fingerprint density at radius 2 is 1.60 bits per heavy atom. The van der Waals surface area contributed by atoms with Crippen LogP contribution in [0.1, 0.15) is 10.4 Å². The molecular weight excluding hydrogens is 336 g/mol. The lowest BCUT2D eigenvalue weighted by Crippen LogP contribution is -2.00. The van der Waals surface area contributed by atoms with E-state index < -0.39 is 23.0 Å². The highest BCUT2D eigenvalue weighted by atomic mass is 79.9.